The van der Waals surface area contributed by atoms with E-state index in [0.717, 1.165) is 42.3 Å². The summed E-state index contributed by atoms with van der Waals surface area (Å²) in [5.41, 5.74) is 4.64. The van der Waals surface area contributed by atoms with E-state index in [2.05, 4.69) is 36.2 Å². The number of thioether (sulfide) groups is 1. The summed E-state index contributed by atoms with van der Waals surface area (Å²) in [5, 5.41) is 12.5. The van der Waals surface area contributed by atoms with Gasteiger partial charge in [0.25, 0.3) is 0 Å². The van der Waals surface area contributed by atoms with Crippen molar-refractivity contribution < 1.29 is 39.4 Å². The van der Waals surface area contributed by atoms with Gasteiger partial charge in [0.2, 0.25) is 0 Å². The summed E-state index contributed by atoms with van der Waals surface area (Å²) >= 11 is 1.21. The number of rotatable bonds is 14. The predicted octanol–water partition coefficient (Wildman–Crippen LogP) is 3.76. The second-order valence-corrected chi connectivity index (χ2v) is 15.1. The molecule has 41 heavy (non-hydrogen) atoms. The molecule has 2 N–H and O–H groups in total. The van der Waals surface area contributed by atoms with Crippen molar-refractivity contribution in [1.29, 1.82) is 0 Å². The fraction of sp³-hybridized carbons (Fsp3) is 0.576. The van der Waals surface area contributed by atoms with Gasteiger partial charge in [0.1, 0.15) is 0 Å². The number of amides is 1. The number of nitrogens with one attached hydrogen (secondary N) is 1. The van der Waals surface area contributed by atoms with Crippen LogP contribution in [0.2, 0.25) is 0 Å². The van der Waals surface area contributed by atoms with E-state index in [-0.39, 0.29) is 27.5 Å². The number of carboxylic acid groups (broad SMARTS) is 1. The number of carboxylic acids is 1. The number of halogens is 1. The van der Waals surface area contributed by atoms with Crippen LogP contribution in [-0.2, 0) is 14.4 Å². The summed E-state index contributed by atoms with van der Waals surface area (Å²) < 4.78 is 6.94. The van der Waals surface area contributed by atoms with Gasteiger partial charge in [-0.25, -0.2) is 0 Å². The number of aryl methyl sites for hydroxylation is 1. The number of benzene rings is 2. The molecule has 226 valence electrons. The average molecular weight is 694 g/mol. The van der Waals surface area contributed by atoms with E-state index in [4.69, 9.17) is 3.07 Å². The van der Waals surface area contributed by atoms with Gasteiger partial charge < -0.3 is 0 Å². The van der Waals surface area contributed by atoms with E-state index in [1.165, 1.54) is 50.5 Å². The Labute approximate surface area is 261 Å². The van der Waals surface area contributed by atoms with Crippen LogP contribution >= 0.6 is 11.8 Å². The van der Waals surface area contributed by atoms with Gasteiger partial charge in [0.15, 0.2) is 0 Å². The van der Waals surface area contributed by atoms with Gasteiger partial charge in [-0.05, 0) is 6.26 Å². The minimum atomic E-state index is -0.999. The molecule has 6 nitrogen and oxygen atoms in total. The number of nitrogens with zero attached hydrogens (tertiary/aromatic N) is 1. The van der Waals surface area contributed by atoms with E-state index in [1.807, 2.05) is 36.6 Å². The molecule has 1 saturated carbocycles. The molecule has 1 amide bonds. The first-order valence-electron chi connectivity index (χ1n) is 15.1. The predicted molar refractivity (Wildman–Crippen MR) is 164 cm³/mol. The first-order valence-corrected chi connectivity index (χ1v) is 18.6. The number of hydrogen-bond donors (Lipinski definition) is 2. The monoisotopic (exact) mass is 693 g/mol. The van der Waals surface area contributed by atoms with Gasteiger partial charge in [-0.1, -0.05) is 0 Å². The summed E-state index contributed by atoms with van der Waals surface area (Å²) in [6.07, 6.45) is 11.5. The summed E-state index contributed by atoms with van der Waals surface area (Å²) in [5.74, 6) is 0.783. The van der Waals surface area contributed by atoms with Gasteiger partial charge in [-0.15, -0.1) is 0 Å². The summed E-state index contributed by atoms with van der Waals surface area (Å²) in [6.45, 7) is 7.20. The molecule has 0 unspecified atom stereocenters. The first-order chi connectivity index (χ1) is 19.9. The Kier molecular flexibility index (Phi) is 12.8. The van der Waals surface area contributed by atoms with Crippen LogP contribution in [0.15, 0.2) is 42.5 Å². The van der Waals surface area contributed by atoms with Crippen molar-refractivity contribution in [2.24, 2.45) is 11.8 Å². The van der Waals surface area contributed by atoms with Gasteiger partial charge in [0, 0.05) is 0 Å². The molecule has 4 rings (SSSR count). The summed E-state index contributed by atoms with van der Waals surface area (Å²) in [7, 11) is 0. The zero-order valence-electron chi connectivity index (χ0n) is 24.7. The maximum absolute atomic E-state index is 13.5. The van der Waals surface area contributed by atoms with E-state index in [0.29, 0.717) is 27.7 Å². The van der Waals surface area contributed by atoms with E-state index in [1.54, 1.807) is 11.8 Å². The van der Waals surface area contributed by atoms with E-state index < -0.39 is 12.0 Å². The second kappa shape index (κ2) is 16.3. The van der Waals surface area contributed by atoms with Crippen LogP contribution in [0, 0.1) is 18.8 Å². The molecule has 1 aliphatic carbocycles. The zero-order chi connectivity index (χ0) is 29.2. The molecule has 1 aliphatic heterocycles. The molecule has 0 bridgehead atoms. The number of alkyl halides is 1. The topological polar surface area (TPSA) is 78.9 Å². The SMILES string of the molecule is CC[C@@H]1C[C@@H]([I-]OCC2CCCCC2)N(Cc2ccc(C(=O)N[C@@H](CCSC)C(=O)O)c(-c3ccccc3C)c2)C1. The van der Waals surface area contributed by atoms with Crippen LogP contribution in [0.25, 0.3) is 11.1 Å². The Hall–Kier alpha value is -1.62. The van der Waals surface area contributed by atoms with Crippen LogP contribution in [0.1, 0.15) is 79.8 Å². The molecular weight excluding hydrogens is 647 g/mol. The van der Waals surface area contributed by atoms with Gasteiger partial charge in [0.05, 0.1) is 0 Å². The number of carbonyl (C=O) groups is 2. The molecule has 2 aromatic carbocycles. The standard InChI is InChI=1S/C33H46IN2O4S/c1-4-24-19-31(34-40-22-25-11-6-5-7-12-25)36(20-24)21-26-14-15-28(29(18-26)27-13-9-8-10-23(27)2)32(37)35-30(33(38)39)16-17-41-3/h8-10,13-15,18,24-25,30-31H,4-7,11-12,16-17,19-22H2,1-3H3,(H,35,37)(H,38,39)/q-1/t24-,30+,31+/m1/s1. The third-order valence-corrected chi connectivity index (χ3v) is 11.8. The molecule has 8 heteroatoms. The molecule has 1 saturated heterocycles. The molecular formula is C33H46IN2O4S-. The van der Waals surface area contributed by atoms with Crippen molar-refractivity contribution in [3.63, 3.8) is 0 Å². The second-order valence-electron chi connectivity index (χ2n) is 11.6. The maximum atomic E-state index is 13.5. The van der Waals surface area contributed by atoms with Crippen LogP contribution in [0.5, 0.6) is 0 Å². The average Bonchev–Trinajstić information content (AvgIpc) is 3.37. The van der Waals surface area contributed by atoms with Gasteiger partial charge >= 0.3 is 244 Å². The van der Waals surface area contributed by atoms with Gasteiger partial charge in [-0.2, -0.15) is 11.8 Å². The normalized spacial score (nSPS) is 20.8. The zero-order valence-corrected chi connectivity index (χ0v) is 27.7. The van der Waals surface area contributed by atoms with Gasteiger partial charge in [-0.3, -0.25) is 0 Å². The first kappa shape index (κ1) is 32.3. The molecule has 0 radical (unpaired) electrons. The minimum absolute atomic E-state index is 0.338. The fourth-order valence-electron chi connectivity index (χ4n) is 6.00. The quantitative estimate of drug-likeness (QED) is 0.179. The number of aliphatic carboxylic acids is 1. The number of hydrogen-bond acceptors (Lipinski definition) is 5. The van der Waals surface area contributed by atoms with Crippen LogP contribution in [-0.4, -0.2) is 57.1 Å². The third kappa shape index (κ3) is 9.18. The number of likely N-dealkylation sites (tertiary alicyclic amines) is 1. The molecule has 2 aromatic rings. The van der Waals surface area contributed by atoms with Crippen molar-refractivity contribution in [2.45, 2.75) is 81.8 Å². The Morgan fingerprint density at radius 3 is 2.61 bits per heavy atom. The number of carbonyl (C=O) groups excluding carboxylic acids is 1. The van der Waals surface area contributed by atoms with Crippen molar-refractivity contribution in [3.8, 4) is 11.1 Å². The molecule has 3 atom stereocenters. The van der Waals surface area contributed by atoms with Crippen molar-refractivity contribution >= 4 is 23.6 Å². The molecule has 1 heterocycles. The van der Waals surface area contributed by atoms with Crippen molar-refractivity contribution in [2.75, 3.05) is 25.2 Å². The third-order valence-electron chi connectivity index (χ3n) is 8.55. The Balaban J connectivity index is 1.53. The summed E-state index contributed by atoms with van der Waals surface area (Å²) in [6, 6.07) is 13.3. The molecule has 2 aliphatic rings. The van der Waals surface area contributed by atoms with Crippen molar-refractivity contribution in [3.05, 3.63) is 59.2 Å². The van der Waals surface area contributed by atoms with E-state index >= 15 is 0 Å². The fourth-order valence-corrected chi connectivity index (χ4v) is 9.27. The van der Waals surface area contributed by atoms with Crippen LogP contribution in [0.4, 0.5) is 0 Å². The Bertz CT molecular complexity index is 1160. The molecule has 0 aromatic heterocycles. The van der Waals surface area contributed by atoms with Crippen LogP contribution in [0.3, 0.4) is 0 Å². The Morgan fingerprint density at radius 2 is 1.90 bits per heavy atom. The molecule has 0 spiro atoms. The summed E-state index contributed by atoms with van der Waals surface area (Å²) in [4.78, 5) is 27.9. The van der Waals surface area contributed by atoms with Crippen LogP contribution < -0.4 is 26.9 Å². The van der Waals surface area contributed by atoms with Crippen molar-refractivity contribution in [1.82, 2.24) is 10.2 Å². The Morgan fingerprint density at radius 1 is 1.12 bits per heavy atom. The molecule has 2 fully saturated rings. The van der Waals surface area contributed by atoms with E-state index in [9.17, 15) is 14.7 Å².